The Labute approximate surface area is 80.1 Å². The summed E-state index contributed by atoms with van der Waals surface area (Å²) in [6.45, 7) is 2.34. The Morgan fingerprint density at radius 2 is 2.54 bits per heavy atom. The number of hydrogen-bond donors (Lipinski definition) is 1. The van der Waals surface area contributed by atoms with Crippen molar-refractivity contribution >= 4 is 18.2 Å². The van der Waals surface area contributed by atoms with Gasteiger partial charge in [-0.25, -0.2) is 5.10 Å². The predicted octanol–water partition coefficient (Wildman–Crippen LogP) is 1.23. The molecule has 0 radical (unpaired) electrons. The van der Waals surface area contributed by atoms with E-state index in [-0.39, 0.29) is 23.1 Å². The van der Waals surface area contributed by atoms with Gasteiger partial charge in [0.25, 0.3) is 4.84 Å². The van der Waals surface area contributed by atoms with Crippen molar-refractivity contribution in [3.63, 3.8) is 0 Å². The van der Waals surface area contributed by atoms with Crippen molar-refractivity contribution in [3.8, 4) is 0 Å². The minimum absolute atomic E-state index is 0.0210. The summed E-state index contributed by atoms with van der Waals surface area (Å²) in [5.41, 5.74) is 0. The first-order chi connectivity index (χ1) is 6.22. The first kappa shape index (κ1) is 9.91. The third-order valence-corrected chi connectivity index (χ3v) is 1.42. The van der Waals surface area contributed by atoms with Crippen LogP contribution in [-0.2, 0) is 16.0 Å². The number of carbonyl (C=O) groups is 1. The number of nitrogens with zero attached hydrogens (tertiary/aromatic N) is 1. The summed E-state index contributed by atoms with van der Waals surface area (Å²) >= 11 is 4.64. The monoisotopic (exact) mass is 202 g/mol. The first-order valence-corrected chi connectivity index (χ1v) is 4.33. The maximum atomic E-state index is 11.0. The van der Waals surface area contributed by atoms with Gasteiger partial charge in [-0.1, -0.05) is 6.92 Å². The molecule has 0 saturated carbocycles. The van der Waals surface area contributed by atoms with Gasteiger partial charge in [-0.2, -0.15) is 0 Å². The zero-order valence-corrected chi connectivity index (χ0v) is 8.02. The summed E-state index contributed by atoms with van der Waals surface area (Å²) in [5.74, 6) is -0.0989. The summed E-state index contributed by atoms with van der Waals surface area (Å²) < 4.78 is 9.70. The normalized spacial score (nSPS) is 9.92. The van der Waals surface area contributed by atoms with Crippen LogP contribution in [0.25, 0.3) is 0 Å². The van der Waals surface area contributed by atoms with Gasteiger partial charge < -0.3 is 9.15 Å². The number of nitrogens with one attached hydrogen (secondary N) is 1. The van der Waals surface area contributed by atoms with Crippen LogP contribution in [0.4, 0.5) is 0 Å². The Morgan fingerprint density at radius 3 is 3.08 bits per heavy atom. The van der Waals surface area contributed by atoms with Crippen molar-refractivity contribution < 1.29 is 13.9 Å². The Morgan fingerprint density at radius 1 is 1.77 bits per heavy atom. The molecule has 0 unspecified atom stereocenters. The highest BCUT2D eigenvalue weighted by molar-refractivity contribution is 7.71. The van der Waals surface area contributed by atoms with Gasteiger partial charge in [-0.3, -0.25) is 4.79 Å². The van der Waals surface area contributed by atoms with E-state index in [0.717, 1.165) is 6.42 Å². The van der Waals surface area contributed by atoms with Crippen LogP contribution in [0, 0.1) is 4.84 Å². The van der Waals surface area contributed by atoms with Crippen molar-refractivity contribution in [3.05, 3.63) is 10.7 Å². The van der Waals surface area contributed by atoms with Crippen LogP contribution in [0.15, 0.2) is 4.42 Å². The van der Waals surface area contributed by atoms with Crippen LogP contribution < -0.4 is 0 Å². The molecule has 13 heavy (non-hydrogen) atoms. The molecule has 0 bridgehead atoms. The number of hydrogen-bond acceptors (Lipinski definition) is 5. The number of ether oxygens (including phenoxy) is 1. The quantitative estimate of drug-likeness (QED) is 0.587. The molecular weight excluding hydrogens is 192 g/mol. The predicted molar refractivity (Wildman–Crippen MR) is 46.6 cm³/mol. The van der Waals surface area contributed by atoms with E-state index >= 15 is 0 Å². The number of aromatic nitrogens is 2. The molecular formula is C7H10N2O3S. The van der Waals surface area contributed by atoms with E-state index < -0.39 is 0 Å². The topological polar surface area (TPSA) is 68.1 Å². The second-order valence-corrected chi connectivity index (χ2v) is 2.77. The highest BCUT2D eigenvalue weighted by Crippen LogP contribution is 1.97. The fourth-order valence-corrected chi connectivity index (χ4v) is 0.868. The Hall–Kier alpha value is -1.17. The standard InChI is InChI=1S/C7H10N2O3S/c1-2-3-11-6(10)4-5-8-9-7(13)12-5/h2-4H2,1H3,(H,9,13). The molecule has 0 aliphatic carbocycles. The van der Waals surface area contributed by atoms with E-state index in [1.54, 1.807) is 0 Å². The lowest BCUT2D eigenvalue weighted by Gasteiger charge is -1.98. The minimum atomic E-state index is -0.355. The number of carbonyl (C=O) groups excluding carboxylic acids is 1. The lowest BCUT2D eigenvalue weighted by Crippen LogP contribution is -2.08. The molecule has 0 atom stereocenters. The number of H-pyrrole nitrogens is 1. The molecule has 1 N–H and O–H groups in total. The van der Waals surface area contributed by atoms with Crippen LogP contribution in [0.5, 0.6) is 0 Å². The molecule has 1 heterocycles. The van der Waals surface area contributed by atoms with Crippen molar-refractivity contribution in [2.24, 2.45) is 0 Å². The van der Waals surface area contributed by atoms with Gasteiger partial charge in [0.05, 0.1) is 6.61 Å². The fourth-order valence-electron chi connectivity index (χ4n) is 0.727. The lowest BCUT2D eigenvalue weighted by atomic mass is 10.4. The van der Waals surface area contributed by atoms with Gasteiger partial charge in [-0.15, -0.1) is 5.10 Å². The second kappa shape index (κ2) is 4.76. The number of rotatable bonds is 4. The SMILES string of the molecule is CCCOC(=O)Cc1n[nH]c(=S)o1. The Bertz CT molecular complexity index is 330. The molecule has 0 spiro atoms. The summed E-state index contributed by atoms with van der Waals surface area (Å²) in [7, 11) is 0. The zero-order valence-electron chi connectivity index (χ0n) is 7.20. The maximum absolute atomic E-state index is 11.0. The number of esters is 1. The highest BCUT2D eigenvalue weighted by atomic mass is 32.1. The van der Waals surface area contributed by atoms with Crippen molar-refractivity contribution in [2.45, 2.75) is 19.8 Å². The highest BCUT2D eigenvalue weighted by Gasteiger charge is 2.08. The van der Waals surface area contributed by atoms with Gasteiger partial charge >= 0.3 is 5.97 Å². The molecule has 0 amide bonds. The fraction of sp³-hybridized carbons (Fsp3) is 0.571. The number of aromatic amines is 1. The molecule has 1 aromatic heterocycles. The minimum Gasteiger partial charge on any atom is -0.465 e. The Kier molecular flexibility index (Phi) is 3.63. The van der Waals surface area contributed by atoms with Crippen LogP contribution in [0.3, 0.4) is 0 Å². The average Bonchev–Trinajstić information content (AvgIpc) is 2.48. The first-order valence-electron chi connectivity index (χ1n) is 3.92. The van der Waals surface area contributed by atoms with Crippen LogP contribution in [-0.4, -0.2) is 22.8 Å². The third-order valence-electron chi connectivity index (χ3n) is 1.25. The molecule has 1 aromatic rings. The van der Waals surface area contributed by atoms with Crippen LogP contribution in [0.2, 0.25) is 0 Å². The van der Waals surface area contributed by atoms with E-state index in [9.17, 15) is 4.79 Å². The molecule has 0 aromatic carbocycles. The smallest absolute Gasteiger partial charge is 0.315 e. The van der Waals surface area contributed by atoms with Gasteiger partial charge in [0.1, 0.15) is 6.42 Å². The summed E-state index contributed by atoms with van der Waals surface area (Å²) in [6, 6.07) is 0. The average molecular weight is 202 g/mol. The van der Waals surface area contributed by atoms with E-state index in [0.29, 0.717) is 6.61 Å². The largest absolute Gasteiger partial charge is 0.465 e. The van der Waals surface area contributed by atoms with Crippen molar-refractivity contribution in [2.75, 3.05) is 6.61 Å². The molecule has 1 rings (SSSR count). The molecule has 0 aliphatic heterocycles. The van der Waals surface area contributed by atoms with Gasteiger partial charge in [-0.05, 0) is 18.6 Å². The molecule has 6 heteroatoms. The summed E-state index contributed by atoms with van der Waals surface area (Å²) in [5, 5.41) is 6.09. The molecule has 5 nitrogen and oxygen atoms in total. The van der Waals surface area contributed by atoms with Crippen LogP contribution >= 0.6 is 12.2 Å². The van der Waals surface area contributed by atoms with E-state index in [4.69, 9.17) is 9.15 Å². The second-order valence-electron chi connectivity index (χ2n) is 2.40. The zero-order chi connectivity index (χ0) is 9.68. The van der Waals surface area contributed by atoms with Gasteiger partial charge in [0.2, 0.25) is 5.89 Å². The van der Waals surface area contributed by atoms with Crippen molar-refractivity contribution in [1.29, 1.82) is 0 Å². The molecule has 72 valence electrons. The molecule has 0 saturated heterocycles. The van der Waals surface area contributed by atoms with E-state index in [2.05, 4.69) is 22.4 Å². The van der Waals surface area contributed by atoms with E-state index in [1.807, 2.05) is 6.92 Å². The summed E-state index contributed by atoms with van der Waals surface area (Å²) in [4.78, 5) is 11.2. The Balaban J connectivity index is 2.41. The van der Waals surface area contributed by atoms with E-state index in [1.165, 1.54) is 0 Å². The van der Waals surface area contributed by atoms with Crippen LogP contribution in [0.1, 0.15) is 19.2 Å². The maximum Gasteiger partial charge on any atom is 0.315 e. The van der Waals surface area contributed by atoms with Crippen molar-refractivity contribution in [1.82, 2.24) is 10.2 Å². The summed E-state index contributed by atoms with van der Waals surface area (Å²) in [6.07, 6.45) is 0.822. The third kappa shape index (κ3) is 3.37. The van der Waals surface area contributed by atoms with Gasteiger partial charge in [0.15, 0.2) is 0 Å². The van der Waals surface area contributed by atoms with Gasteiger partial charge in [0, 0.05) is 0 Å². The molecule has 0 fully saturated rings. The lowest BCUT2D eigenvalue weighted by molar-refractivity contribution is -0.143. The molecule has 0 aliphatic rings.